The third-order valence-corrected chi connectivity index (χ3v) is 5.40. The first kappa shape index (κ1) is 19.1. The monoisotopic (exact) mass is 386 g/mol. The van der Waals surface area contributed by atoms with E-state index in [0.29, 0.717) is 24.6 Å². The number of nitrogens with zero attached hydrogens (tertiary/aromatic N) is 1. The van der Waals surface area contributed by atoms with Crippen LogP contribution in [0.25, 0.3) is 21.8 Å². The molecule has 0 spiro atoms. The molecule has 0 unspecified atom stereocenters. The molecule has 0 aliphatic carbocycles. The number of ether oxygens (including phenoxy) is 1. The average Bonchev–Trinajstić information content (AvgIpc) is 3.01. The summed E-state index contributed by atoms with van der Waals surface area (Å²) in [7, 11) is 0. The molecule has 4 rings (SSSR count). The molecule has 0 fully saturated rings. The topological polar surface area (TPSA) is 57.2 Å². The highest BCUT2D eigenvalue weighted by atomic mass is 16.5. The lowest BCUT2D eigenvalue weighted by Crippen LogP contribution is -2.11. The second kappa shape index (κ2) is 7.63. The van der Waals surface area contributed by atoms with Crippen LogP contribution in [0.15, 0.2) is 60.7 Å². The summed E-state index contributed by atoms with van der Waals surface area (Å²) in [6.45, 7) is 7.69. The van der Waals surface area contributed by atoms with Crippen molar-refractivity contribution in [3.05, 3.63) is 77.4 Å². The summed E-state index contributed by atoms with van der Waals surface area (Å²) in [4.78, 5) is 12.1. The van der Waals surface area contributed by atoms with Gasteiger partial charge in [-0.1, -0.05) is 44.2 Å². The van der Waals surface area contributed by atoms with Gasteiger partial charge >= 0.3 is 0 Å². The Hall–Kier alpha value is -3.27. The van der Waals surface area contributed by atoms with Gasteiger partial charge in [0.2, 0.25) is 5.91 Å². The third-order valence-electron chi connectivity index (χ3n) is 5.40. The van der Waals surface area contributed by atoms with Gasteiger partial charge in [0.1, 0.15) is 5.75 Å². The van der Waals surface area contributed by atoms with Crippen LogP contribution in [0, 0.1) is 0 Å². The second-order valence-corrected chi connectivity index (χ2v) is 7.66. The predicted molar refractivity (Wildman–Crippen MR) is 119 cm³/mol. The molecule has 0 radical (unpaired) electrons. The van der Waals surface area contributed by atoms with Gasteiger partial charge in [-0.25, -0.2) is 0 Å². The summed E-state index contributed by atoms with van der Waals surface area (Å²) in [6, 6.07) is 20.4. The zero-order valence-electron chi connectivity index (χ0n) is 17.1. The Labute approximate surface area is 170 Å². The highest BCUT2D eigenvalue weighted by Crippen LogP contribution is 2.34. The summed E-state index contributed by atoms with van der Waals surface area (Å²) in [5.41, 5.74) is 10.8. The van der Waals surface area contributed by atoms with Gasteiger partial charge in [-0.2, -0.15) is 0 Å². The molecule has 0 bridgehead atoms. The van der Waals surface area contributed by atoms with Crippen LogP contribution in [-0.2, 0) is 6.54 Å². The summed E-state index contributed by atoms with van der Waals surface area (Å²) in [5.74, 6) is 0.884. The fourth-order valence-electron chi connectivity index (χ4n) is 3.98. The lowest BCUT2D eigenvalue weighted by molar-refractivity contribution is 0.100. The number of rotatable bonds is 6. The molecule has 0 aliphatic heterocycles. The van der Waals surface area contributed by atoms with Gasteiger partial charge in [-0.15, -0.1) is 0 Å². The van der Waals surface area contributed by atoms with Crippen LogP contribution in [0.1, 0.15) is 48.2 Å². The fraction of sp³-hybridized carbons (Fsp3) is 0.240. The molecule has 4 nitrogen and oxygen atoms in total. The molecular weight excluding hydrogens is 360 g/mol. The molecule has 29 heavy (non-hydrogen) atoms. The number of carbonyl (C=O) groups excluding carboxylic acids is 1. The van der Waals surface area contributed by atoms with Crippen molar-refractivity contribution in [2.75, 3.05) is 6.61 Å². The number of fused-ring (bicyclic) bond motifs is 3. The van der Waals surface area contributed by atoms with E-state index < -0.39 is 5.91 Å². The molecule has 0 saturated heterocycles. The van der Waals surface area contributed by atoms with E-state index in [0.717, 1.165) is 33.1 Å². The number of amides is 1. The lowest BCUT2D eigenvalue weighted by Gasteiger charge is -2.11. The average molecular weight is 386 g/mol. The maximum absolute atomic E-state index is 12.1. The van der Waals surface area contributed by atoms with E-state index in [1.54, 1.807) is 6.07 Å². The van der Waals surface area contributed by atoms with Crippen molar-refractivity contribution < 1.29 is 9.53 Å². The molecule has 148 valence electrons. The van der Waals surface area contributed by atoms with Gasteiger partial charge in [0.05, 0.1) is 12.1 Å². The zero-order chi connectivity index (χ0) is 20.5. The number of hydrogen-bond donors (Lipinski definition) is 1. The van der Waals surface area contributed by atoms with Crippen molar-refractivity contribution >= 4 is 27.7 Å². The summed E-state index contributed by atoms with van der Waals surface area (Å²) in [6.07, 6.45) is 0. The Balaban J connectivity index is 1.97. The van der Waals surface area contributed by atoms with Crippen molar-refractivity contribution in [1.29, 1.82) is 0 Å². The highest BCUT2D eigenvalue weighted by Gasteiger charge is 2.17. The number of hydrogen-bond acceptors (Lipinski definition) is 2. The molecule has 0 atom stereocenters. The minimum atomic E-state index is -0.402. The molecule has 4 heteroatoms. The molecule has 0 saturated carbocycles. The van der Waals surface area contributed by atoms with Gasteiger partial charge in [0, 0.05) is 28.4 Å². The fourth-order valence-corrected chi connectivity index (χ4v) is 3.98. The Kier molecular flexibility index (Phi) is 5.01. The largest absolute Gasteiger partial charge is 0.494 e. The lowest BCUT2D eigenvalue weighted by atomic mass is 10.00. The SMILES string of the molecule is CCOc1cccc(Cn2c3cc(C(C)C)ccc3c3c(C(N)=O)cccc32)c1. The number of aromatic nitrogens is 1. The molecule has 4 aromatic rings. The molecule has 1 amide bonds. The Bertz CT molecular complexity index is 1200. The smallest absolute Gasteiger partial charge is 0.249 e. The van der Waals surface area contributed by atoms with E-state index in [9.17, 15) is 4.79 Å². The normalized spacial score (nSPS) is 11.4. The van der Waals surface area contributed by atoms with Crippen molar-refractivity contribution in [1.82, 2.24) is 4.57 Å². The molecule has 3 aromatic carbocycles. The van der Waals surface area contributed by atoms with Crippen molar-refractivity contribution in [3.8, 4) is 5.75 Å². The molecule has 1 heterocycles. The van der Waals surface area contributed by atoms with Crippen LogP contribution >= 0.6 is 0 Å². The van der Waals surface area contributed by atoms with Crippen LogP contribution in [0.3, 0.4) is 0 Å². The maximum atomic E-state index is 12.1. The molecule has 0 aliphatic rings. The quantitative estimate of drug-likeness (QED) is 0.478. The summed E-state index contributed by atoms with van der Waals surface area (Å²) < 4.78 is 7.94. The summed E-state index contributed by atoms with van der Waals surface area (Å²) in [5, 5.41) is 1.98. The van der Waals surface area contributed by atoms with Crippen LogP contribution in [0.4, 0.5) is 0 Å². The standard InChI is InChI=1S/C25H26N2O2/c1-4-29-19-8-5-7-17(13-19)15-27-22-10-6-9-21(25(26)28)24(22)20-12-11-18(16(2)3)14-23(20)27/h5-14,16H,4,15H2,1-3H3,(H2,26,28). The van der Waals surface area contributed by atoms with Crippen LogP contribution in [0.2, 0.25) is 0 Å². The number of nitrogens with two attached hydrogens (primary N) is 1. The Morgan fingerprint density at radius 3 is 2.55 bits per heavy atom. The number of carbonyl (C=O) groups is 1. The highest BCUT2D eigenvalue weighted by molar-refractivity contribution is 6.18. The van der Waals surface area contributed by atoms with Crippen molar-refractivity contribution in [3.63, 3.8) is 0 Å². The van der Waals surface area contributed by atoms with E-state index in [2.05, 4.69) is 54.8 Å². The third kappa shape index (κ3) is 3.46. The van der Waals surface area contributed by atoms with E-state index in [1.165, 1.54) is 5.56 Å². The Morgan fingerprint density at radius 2 is 1.83 bits per heavy atom. The van der Waals surface area contributed by atoms with Gasteiger partial charge in [-0.05, 0) is 54.3 Å². The van der Waals surface area contributed by atoms with Gasteiger partial charge in [-0.3, -0.25) is 4.79 Å². The van der Waals surface area contributed by atoms with E-state index in [-0.39, 0.29) is 0 Å². The maximum Gasteiger partial charge on any atom is 0.249 e. The predicted octanol–water partition coefficient (Wildman–Crippen LogP) is 5.46. The van der Waals surface area contributed by atoms with E-state index in [1.807, 2.05) is 25.1 Å². The number of primary amides is 1. The zero-order valence-corrected chi connectivity index (χ0v) is 17.1. The van der Waals surface area contributed by atoms with Crippen LogP contribution in [0.5, 0.6) is 5.75 Å². The van der Waals surface area contributed by atoms with Crippen LogP contribution in [-0.4, -0.2) is 17.1 Å². The molecule has 1 aromatic heterocycles. The van der Waals surface area contributed by atoms with Gasteiger partial charge in [0.25, 0.3) is 0 Å². The van der Waals surface area contributed by atoms with Crippen molar-refractivity contribution in [2.45, 2.75) is 33.2 Å². The first-order valence-corrected chi connectivity index (χ1v) is 10.1. The van der Waals surface area contributed by atoms with Crippen molar-refractivity contribution in [2.24, 2.45) is 5.73 Å². The van der Waals surface area contributed by atoms with Crippen LogP contribution < -0.4 is 10.5 Å². The first-order chi connectivity index (χ1) is 14.0. The molecule has 2 N–H and O–H groups in total. The summed E-state index contributed by atoms with van der Waals surface area (Å²) >= 11 is 0. The van der Waals surface area contributed by atoms with Gasteiger partial charge < -0.3 is 15.0 Å². The van der Waals surface area contributed by atoms with E-state index in [4.69, 9.17) is 10.5 Å². The minimum absolute atomic E-state index is 0.402. The van der Waals surface area contributed by atoms with E-state index >= 15 is 0 Å². The number of benzene rings is 3. The Morgan fingerprint density at radius 1 is 1.03 bits per heavy atom. The first-order valence-electron chi connectivity index (χ1n) is 10.1. The minimum Gasteiger partial charge on any atom is -0.494 e. The second-order valence-electron chi connectivity index (χ2n) is 7.66. The molecular formula is C25H26N2O2. The van der Waals surface area contributed by atoms with Gasteiger partial charge in [0.15, 0.2) is 0 Å².